The zero-order valence-electron chi connectivity index (χ0n) is 12.6. The first-order chi connectivity index (χ1) is 9.68. The van der Waals surface area contributed by atoms with E-state index in [-0.39, 0.29) is 5.91 Å². The Kier molecular flexibility index (Phi) is 10.3. The molecule has 0 spiro atoms. The molecule has 1 atom stereocenters. The number of carbonyl (C=O) groups is 1. The number of carbonyl (C=O) groups excluding carboxylic acids is 1. The van der Waals surface area contributed by atoms with Crippen molar-refractivity contribution in [2.75, 3.05) is 25.4 Å². The van der Waals surface area contributed by atoms with Crippen LogP contribution in [0.4, 0.5) is 0 Å². The van der Waals surface area contributed by atoms with Crippen molar-refractivity contribution in [3.8, 4) is 0 Å². The molecule has 0 saturated carbocycles. The quantitative estimate of drug-likeness (QED) is 0.348. The Bertz CT molecular complexity index is 292. The van der Waals surface area contributed by atoms with Crippen LogP contribution in [0.1, 0.15) is 45.4 Å². The molecule has 116 valence electrons. The molecular weight excluding hydrogens is 288 g/mol. The van der Waals surface area contributed by atoms with Crippen LogP contribution in [0.3, 0.4) is 0 Å². The van der Waals surface area contributed by atoms with Gasteiger partial charge in [0.15, 0.2) is 0 Å². The first kappa shape index (κ1) is 17.9. The smallest absolute Gasteiger partial charge is 0.219 e. The van der Waals surface area contributed by atoms with Crippen molar-refractivity contribution in [1.29, 1.82) is 0 Å². The summed E-state index contributed by atoms with van der Waals surface area (Å²) in [6, 6.07) is 0. The molecule has 0 radical (unpaired) electrons. The van der Waals surface area contributed by atoms with Crippen LogP contribution < -0.4 is 10.6 Å². The van der Waals surface area contributed by atoms with E-state index in [0.29, 0.717) is 6.42 Å². The van der Waals surface area contributed by atoms with Crippen LogP contribution >= 0.6 is 21.6 Å². The van der Waals surface area contributed by atoms with Crippen LogP contribution in [-0.2, 0) is 4.79 Å². The van der Waals surface area contributed by atoms with Gasteiger partial charge in [-0.15, -0.1) is 0 Å². The number of hydrogen-bond acceptors (Lipinski definition) is 4. The third kappa shape index (κ3) is 9.72. The Balaban J connectivity index is 1.83. The Morgan fingerprint density at radius 2 is 2.15 bits per heavy atom. The number of nitrogens with one attached hydrogen (secondary N) is 2. The van der Waals surface area contributed by atoms with Crippen molar-refractivity contribution in [3.63, 3.8) is 0 Å². The van der Waals surface area contributed by atoms with Crippen molar-refractivity contribution >= 4 is 27.5 Å². The molecule has 2 N–H and O–H groups in total. The first-order valence-electron chi connectivity index (χ1n) is 7.58. The third-order valence-electron chi connectivity index (χ3n) is 3.19. The molecule has 1 unspecified atom stereocenters. The van der Waals surface area contributed by atoms with Crippen LogP contribution in [0.25, 0.3) is 0 Å². The lowest BCUT2D eigenvalue weighted by Gasteiger charge is -2.08. The van der Waals surface area contributed by atoms with E-state index in [4.69, 9.17) is 0 Å². The summed E-state index contributed by atoms with van der Waals surface area (Å²) in [6.07, 6.45) is 6.50. The van der Waals surface area contributed by atoms with E-state index in [0.717, 1.165) is 43.3 Å². The average molecular weight is 317 g/mol. The van der Waals surface area contributed by atoms with Crippen LogP contribution in [-0.4, -0.2) is 36.5 Å². The molecule has 0 aromatic rings. The zero-order chi connectivity index (χ0) is 14.6. The second-order valence-electron chi connectivity index (χ2n) is 5.41. The summed E-state index contributed by atoms with van der Waals surface area (Å²) in [4.78, 5) is 11.6. The first-order valence-corrected chi connectivity index (χ1v) is 9.97. The Morgan fingerprint density at radius 1 is 1.30 bits per heavy atom. The monoisotopic (exact) mass is 316 g/mol. The minimum absolute atomic E-state index is 0.207. The summed E-state index contributed by atoms with van der Waals surface area (Å²) >= 11 is 0. The minimum atomic E-state index is 0.207. The summed E-state index contributed by atoms with van der Waals surface area (Å²) < 4.78 is 0. The van der Waals surface area contributed by atoms with Gasteiger partial charge in [0.05, 0.1) is 0 Å². The maximum Gasteiger partial charge on any atom is 0.219 e. The van der Waals surface area contributed by atoms with Gasteiger partial charge in [-0.2, -0.15) is 0 Å². The van der Waals surface area contributed by atoms with Gasteiger partial charge in [0, 0.05) is 30.5 Å². The number of rotatable bonds is 11. The maximum atomic E-state index is 11.6. The van der Waals surface area contributed by atoms with Crippen molar-refractivity contribution in [3.05, 3.63) is 12.2 Å². The highest BCUT2D eigenvalue weighted by Crippen LogP contribution is 2.39. The van der Waals surface area contributed by atoms with E-state index in [9.17, 15) is 4.79 Å². The topological polar surface area (TPSA) is 41.1 Å². The molecule has 0 bridgehead atoms. The van der Waals surface area contributed by atoms with Gasteiger partial charge < -0.3 is 10.6 Å². The molecule has 5 heteroatoms. The SMILES string of the molecule is C=C(C)CNCCCNC(=O)CCCCC1CCSS1. The van der Waals surface area contributed by atoms with Gasteiger partial charge in [-0.05, 0) is 39.2 Å². The highest BCUT2D eigenvalue weighted by molar-refractivity contribution is 8.77. The largest absolute Gasteiger partial charge is 0.356 e. The summed E-state index contributed by atoms with van der Waals surface area (Å²) in [5, 5.41) is 7.11. The lowest BCUT2D eigenvalue weighted by molar-refractivity contribution is -0.121. The molecule has 1 heterocycles. The molecule has 1 saturated heterocycles. The molecular formula is C15H28N2OS2. The molecule has 0 aliphatic carbocycles. The lowest BCUT2D eigenvalue weighted by atomic mass is 10.1. The van der Waals surface area contributed by atoms with Gasteiger partial charge in [-0.3, -0.25) is 4.79 Å². The van der Waals surface area contributed by atoms with Crippen molar-refractivity contribution in [1.82, 2.24) is 10.6 Å². The zero-order valence-corrected chi connectivity index (χ0v) is 14.2. The third-order valence-corrected chi connectivity index (χ3v) is 6.19. The second kappa shape index (κ2) is 11.5. The predicted molar refractivity (Wildman–Crippen MR) is 92.2 cm³/mol. The van der Waals surface area contributed by atoms with E-state index in [1.165, 1.54) is 25.0 Å². The van der Waals surface area contributed by atoms with Crippen molar-refractivity contribution < 1.29 is 4.79 Å². The standard InChI is InChI=1S/C15H28N2OS2/c1-13(2)12-16-9-5-10-17-15(18)7-4-3-6-14-8-11-19-20-14/h14,16H,1,3-12H2,2H3,(H,17,18). The van der Waals surface area contributed by atoms with Gasteiger partial charge in [-0.25, -0.2) is 0 Å². The maximum absolute atomic E-state index is 11.6. The van der Waals surface area contributed by atoms with Gasteiger partial charge >= 0.3 is 0 Å². The Hall–Kier alpha value is -0.130. The molecule has 1 rings (SSSR count). The lowest BCUT2D eigenvalue weighted by Crippen LogP contribution is -2.27. The van der Waals surface area contributed by atoms with Crippen LogP contribution in [0, 0.1) is 0 Å². The summed E-state index contributed by atoms with van der Waals surface area (Å²) in [5.41, 5.74) is 1.15. The van der Waals surface area contributed by atoms with Crippen LogP contribution in [0.2, 0.25) is 0 Å². The highest BCUT2D eigenvalue weighted by Gasteiger charge is 2.15. The van der Waals surface area contributed by atoms with E-state index < -0.39 is 0 Å². The molecule has 0 aromatic heterocycles. The number of unbranched alkanes of at least 4 members (excludes halogenated alkanes) is 1. The summed E-state index contributed by atoms with van der Waals surface area (Å²) in [5.74, 6) is 1.51. The van der Waals surface area contributed by atoms with Gasteiger partial charge in [-0.1, -0.05) is 40.2 Å². The van der Waals surface area contributed by atoms with Crippen molar-refractivity contribution in [2.24, 2.45) is 0 Å². The Labute approximate surface area is 131 Å². The number of amides is 1. The molecule has 1 aliphatic rings. The fourth-order valence-corrected chi connectivity index (χ4v) is 5.08. The second-order valence-corrected chi connectivity index (χ2v) is 8.20. The molecule has 20 heavy (non-hydrogen) atoms. The summed E-state index contributed by atoms with van der Waals surface area (Å²) in [7, 11) is 4.02. The molecule has 3 nitrogen and oxygen atoms in total. The molecule has 1 fully saturated rings. The van der Waals surface area contributed by atoms with E-state index in [1.807, 2.05) is 28.5 Å². The van der Waals surface area contributed by atoms with E-state index in [2.05, 4.69) is 17.2 Å². The minimum Gasteiger partial charge on any atom is -0.356 e. The van der Waals surface area contributed by atoms with Gasteiger partial charge in [0.2, 0.25) is 5.91 Å². The fourth-order valence-electron chi connectivity index (χ4n) is 2.05. The van der Waals surface area contributed by atoms with Gasteiger partial charge in [0.1, 0.15) is 0 Å². The predicted octanol–water partition coefficient (Wildman–Crippen LogP) is 3.37. The average Bonchev–Trinajstić information content (AvgIpc) is 2.91. The van der Waals surface area contributed by atoms with E-state index >= 15 is 0 Å². The van der Waals surface area contributed by atoms with Gasteiger partial charge in [0.25, 0.3) is 0 Å². The molecule has 1 amide bonds. The normalized spacial score (nSPS) is 18.1. The van der Waals surface area contributed by atoms with Crippen LogP contribution in [0.15, 0.2) is 12.2 Å². The van der Waals surface area contributed by atoms with Crippen molar-refractivity contribution in [2.45, 2.75) is 50.7 Å². The fraction of sp³-hybridized carbons (Fsp3) is 0.800. The Morgan fingerprint density at radius 3 is 2.85 bits per heavy atom. The molecule has 1 aliphatic heterocycles. The highest BCUT2D eigenvalue weighted by atomic mass is 33.1. The van der Waals surface area contributed by atoms with Crippen LogP contribution in [0.5, 0.6) is 0 Å². The summed E-state index contributed by atoms with van der Waals surface area (Å²) in [6.45, 7) is 8.42. The molecule has 0 aromatic carbocycles. The number of hydrogen-bond donors (Lipinski definition) is 2. The van der Waals surface area contributed by atoms with E-state index in [1.54, 1.807) is 0 Å².